The van der Waals surface area contributed by atoms with Crippen LogP contribution in [0.4, 0.5) is 0 Å². The van der Waals surface area contributed by atoms with Crippen molar-refractivity contribution in [3.05, 3.63) is 0 Å². The highest BCUT2D eigenvalue weighted by Crippen LogP contribution is 2.36. The second-order valence-electron chi connectivity index (χ2n) is 6.34. The molecule has 2 aliphatic rings. The predicted octanol–water partition coefficient (Wildman–Crippen LogP) is 2.91. The lowest BCUT2D eigenvalue weighted by Gasteiger charge is -2.43. The van der Waals surface area contributed by atoms with Crippen molar-refractivity contribution < 1.29 is 9.47 Å². The minimum Gasteiger partial charge on any atom is -0.378 e. The normalized spacial score (nSPS) is 27.6. The van der Waals surface area contributed by atoms with Crippen molar-refractivity contribution in [3.8, 4) is 0 Å². The zero-order chi connectivity index (χ0) is 14.3. The van der Waals surface area contributed by atoms with E-state index in [0.29, 0.717) is 6.10 Å². The van der Waals surface area contributed by atoms with Crippen LogP contribution in [0, 0.1) is 0 Å². The molecule has 1 saturated heterocycles. The summed E-state index contributed by atoms with van der Waals surface area (Å²) in [7, 11) is 0. The second kappa shape index (κ2) is 8.32. The van der Waals surface area contributed by atoms with E-state index in [1.807, 2.05) is 0 Å². The molecule has 1 heterocycles. The summed E-state index contributed by atoms with van der Waals surface area (Å²) < 4.78 is 11.9. The van der Waals surface area contributed by atoms with Gasteiger partial charge >= 0.3 is 0 Å². The van der Waals surface area contributed by atoms with Gasteiger partial charge in [0.15, 0.2) is 0 Å². The molecule has 2 rings (SSSR count). The van der Waals surface area contributed by atoms with Crippen molar-refractivity contribution in [1.29, 1.82) is 0 Å². The molecule has 2 fully saturated rings. The van der Waals surface area contributed by atoms with E-state index < -0.39 is 0 Å². The topological polar surface area (TPSA) is 56.5 Å². The summed E-state index contributed by atoms with van der Waals surface area (Å²) in [6.07, 6.45) is 12.6. The predicted molar refractivity (Wildman–Crippen MR) is 81.4 cm³/mol. The summed E-state index contributed by atoms with van der Waals surface area (Å²) >= 11 is 0. The number of rotatable bonds is 8. The van der Waals surface area contributed by atoms with Gasteiger partial charge in [0.1, 0.15) is 0 Å². The van der Waals surface area contributed by atoms with Gasteiger partial charge in [-0.1, -0.05) is 19.3 Å². The fourth-order valence-corrected chi connectivity index (χ4v) is 3.95. The highest BCUT2D eigenvalue weighted by atomic mass is 16.5. The summed E-state index contributed by atoms with van der Waals surface area (Å²) in [4.78, 5) is 0. The molecule has 3 N–H and O–H groups in total. The monoisotopic (exact) mass is 284 g/mol. The molecule has 2 atom stereocenters. The highest BCUT2D eigenvalue weighted by molar-refractivity contribution is 4.94. The van der Waals surface area contributed by atoms with E-state index in [0.717, 1.165) is 32.5 Å². The summed E-state index contributed by atoms with van der Waals surface area (Å²) in [5.74, 6) is 5.85. The Morgan fingerprint density at radius 2 is 2.10 bits per heavy atom. The molecule has 2 unspecified atom stereocenters. The summed E-state index contributed by atoms with van der Waals surface area (Å²) in [6.45, 7) is 3.83. The number of hydrazine groups is 1. The molecule has 0 amide bonds. The first kappa shape index (κ1) is 16.2. The third kappa shape index (κ3) is 4.17. The first-order valence-corrected chi connectivity index (χ1v) is 8.52. The maximum Gasteiger partial charge on any atom is 0.0848 e. The van der Waals surface area contributed by atoms with E-state index in [1.54, 1.807) is 0 Å². The first-order valence-electron chi connectivity index (χ1n) is 8.52. The van der Waals surface area contributed by atoms with Crippen LogP contribution >= 0.6 is 0 Å². The summed E-state index contributed by atoms with van der Waals surface area (Å²) in [5.41, 5.74) is 3.03. The number of nitrogens with two attached hydrogens (primary N) is 1. The van der Waals surface area contributed by atoms with Crippen LogP contribution in [0.3, 0.4) is 0 Å². The average Bonchev–Trinajstić information content (AvgIpc) is 2.98. The molecule has 4 heteroatoms. The zero-order valence-electron chi connectivity index (χ0n) is 13.0. The molecule has 0 bridgehead atoms. The minimum atomic E-state index is -0.0295. The lowest BCUT2D eigenvalue weighted by atomic mass is 9.77. The van der Waals surface area contributed by atoms with Crippen LogP contribution in [0.15, 0.2) is 0 Å². The molecule has 0 spiro atoms. The molecule has 0 aromatic carbocycles. The van der Waals surface area contributed by atoms with Crippen molar-refractivity contribution in [2.45, 2.75) is 88.9 Å². The standard InChI is InChI=1S/C16H32N2O2/c1-2-20-16(11-4-3-5-12-16)15(18-17)10-6-8-14-9-7-13-19-14/h14-15,18H,2-13,17H2,1H3. The van der Waals surface area contributed by atoms with Crippen molar-refractivity contribution in [3.63, 3.8) is 0 Å². The molecule has 0 aromatic rings. The molecular formula is C16H32N2O2. The van der Waals surface area contributed by atoms with Crippen LogP contribution in [0.25, 0.3) is 0 Å². The van der Waals surface area contributed by atoms with Crippen LogP contribution in [0.1, 0.15) is 71.1 Å². The Morgan fingerprint density at radius 3 is 2.70 bits per heavy atom. The zero-order valence-corrected chi connectivity index (χ0v) is 13.0. The molecular weight excluding hydrogens is 252 g/mol. The van der Waals surface area contributed by atoms with E-state index in [9.17, 15) is 0 Å². The van der Waals surface area contributed by atoms with Crippen LogP contribution in [-0.2, 0) is 9.47 Å². The van der Waals surface area contributed by atoms with Gasteiger partial charge in [0.05, 0.1) is 17.7 Å². The van der Waals surface area contributed by atoms with E-state index >= 15 is 0 Å². The Bertz CT molecular complexity index is 256. The summed E-state index contributed by atoms with van der Waals surface area (Å²) in [5, 5.41) is 0. The van der Waals surface area contributed by atoms with E-state index in [1.165, 1.54) is 44.9 Å². The molecule has 1 aliphatic carbocycles. The minimum absolute atomic E-state index is 0.0295. The third-order valence-electron chi connectivity index (χ3n) is 5.01. The van der Waals surface area contributed by atoms with Crippen LogP contribution in [0.2, 0.25) is 0 Å². The Labute approximate surface area is 123 Å². The van der Waals surface area contributed by atoms with E-state index in [4.69, 9.17) is 15.3 Å². The Kier molecular flexibility index (Phi) is 6.75. The van der Waals surface area contributed by atoms with E-state index in [2.05, 4.69) is 12.3 Å². The third-order valence-corrected chi connectivity index (χ3v) is 5.01. The molecule has 1 saturated carbocycles. The maximum absolute atomic E-state index is 6.17. The van der Waals surface area contributed by atoms with Gasteiger partial charge in [0.25, 0.3) is 0 Å². The van der Waals surface area contributed by atoms with Gasteiger partial charge in [0.2, 0.25) is 0 Å². The lowest BCUT2D eigenvalue weighted by Crippen LogP contribution is -2.56. The fraction of sp³-hybridized carbons (Fsp3) is 1.00. The molecule has 0 radical (unpaired) electrons. The SMILES string of the molecule is CCOC1(C(CCCC2CCCO2)NN)CCCCC1. The lowest BCUT2D eigenvalue weighted by molar-refractivity contribution is -0.0923. The second-order valence-corrected chi connectivity index (χ2v) is 6.34. The number of ether oxygens (including phenoxy) is 2. The molecule has 1 aliphatic heterocycles. The Morgan fingerprint density at radius 1 is 1.30 bits per heavy atom. The van der Waals surface area contributed by atoms with Gasteiger partial charge in [-0.2, -0.15) is 0 Å². The van der Waals surface area contributed by atoms with Crippen molar-refractivity contribution in [2.24, 2.45) is 5.84 Å². The largest absolute Gasteiger partial charge is 0.378 e. The average molecular weight is 284 g/mol. The quantitative estimate of drug-likeness (QED) is 0.531. The number of nitrogens with one attached hydrogen (secondary N) is 1. The van der Waals surface area contributed by atoms with Crippen LogP contribution in [-0.4, -0.2) is 31.0 Å². The van der Waals surface area contributed by atoms with Gasteiger partial charge in [-0.25, -0.2) is 0 Å². The van der Waals surface area contributed by atoms with Gasteiger partial charge in [-0.3, -0.25) is 11.3 Å². The van der Waals surface area contributed by atoms with Crippen LogP contribution < -0.4 is 11.3 Å². The van der Waals surface area contributed by atoms with Crippen LogP contribution in [0.5, 0.6) is 0 Å². The summed E-state index contributed by atoms with van der Waals surface area (Å²) in [6, 6.07) is 0.282. The van der Waals surface area contributed by atoms with Gasteiger partial charge in [-0.05, 0) is 51.9 Å². The van der Waals surface area contributed by atoms with E-state index in [-0.39, 0.29) is 11.6 Å². The number of hydrogen-bond acceptors (Lipinski definition) is 4. The number of hydrogen-bond donors (Lipinski definition) is 2. The smallest absolute Gasteiger partial charge is 0.0848 e. The van der Waals surface area contributed by atoms with Crippen molar-refractivity contribution >= 4 is 0 Å². The molecule has 20 heavy (non-hydrogen) atoms. The van der Waals surface area contributed by atoms with Gasteiger partial charge in [-0.15, -0.1) is 0 Å². The van der Waals surface area contributed by atoms with Gasteiger partial charge in [0, 0.05) is 13.2 Å². The maximum atomic E-state index is 6.17. The van der Waals surface area contributed by atoms with Crippen molar-refractivity contribution in [2.75, 3.05) is 13.2 Å². The first-order chi connectivity index (χ1) is 9.80. The Hall–Kier alpha value is -0.160. The molecule has 0 aromatic heterocycles. The Balaban J connectivity index is 1.83. The molecule has 4 nitrogen and oxygen atoms in total. The van der Waals surface area contributed by atoms with Crippen molar-refractivity contribution in [1.82, 2.24) is 5.43 Å². The molecule has 118 valence electrons. The van der Waals surface area contributed by atoms with Gasteiger partial charge < -0.3 is 9.47 Å². The fourth-order valence-electron chi connectivity index (χ4n) is 3.95. The highest BCUT2D eigenvalue weighted by Gasteiger charge is 2.39.